The van der Waals surface area contributed by atoms with Gasteiger partial charge in [0.1, 0.15) is 12.2 Å². The third-order valence-electron chi connectivity index (χ3n) is 4.81. The summed E-state index contributed by atoms with van der Waals surface area (Å²) in [7, 11) is 0. The Morgan fingerprint density at radius 1 is 0.933 bits per heavy atom. The van der Waals surface area contributed by atoms with Crippen LogP contribution in [0.2, 0.25) is 0 Å². The predicted octanol–water partition coefficient (Wildman–Crippen LogP) is 5.25. The third kappa shape index (κ3) is 8.69. The van der Waals surface area contributed by atoms with E-state index in [1.54, 1.807) is 0 Å². The highest BCUT2D eigenvalue weighted by atomic mass is 19.4. The summed E-state index contributed by atoms with van der Waals surface area (Å²) in [5.74, 6) is -4.77. The van der Waals surface area contributed by atoms with Crippen LogP contribution in [0.3, 0.4) is 0 Å². The van der Waals surface area contributed by atoms with Gasteiger partial charge in [-0.3, -0.25) is 0 Å². The van der Waals surface area contributed by atoms with Gasteiger partial charge in [-0.25, -0.2) is 9.59 Å². The Kier molecular flexibility index (Phi) is 10.4. The average molecular weight is 450 g/mol. The molecule has 0 aromatic carbocycles. The van der Waals surface area contributed by atoms with Gasteiger partial charge in [0, 0.05) is 6.42 Å². The molecule has 30 heavy (non-hydrogen) atoms. The van der Waals surface area contributed by atoms with Crippen LogP contribution in [0, 0.1) is 0 Å². The highest BCUT2D eigenvalue weighted by Gasteiger charge is 2.49. The van der Waals surface area contributed by atoms with Crippen molar-refractivity contribution >= 4 is 11.9 Å². The number of carbonyl (C=O) groups excluding carboxylic acids is 2. The van der Waals surface area contributed by atoms with Crippen LogP contribution in [0.1, 0.15) is 71.6 Å². The molecular weight excluding hydrogens is 422 g/mol. The van der Waals surface area contributed by atoms with Crippen molar-refractivity contribution in [3.63, 3.8) is 0 Å². The summed E-state index contributed by atoms with van der Waals surface area (Å²) in [6.45, 7) is 3.79. The molecule has 0 unspecified atom stereocenters. The van der Waals surface area contributed by atoms with Gasteiger partial charge < -0.3 is 14.2 Å². The summed E-state index contributed by atoms with van der Waals surface area (Å²) >= 11 is 0. The van der Waals surface area contributed by atoms with Crippen molar-refractivity contribution in [1.29, 1.82) is 0 Å². The van der Waals surface area contributed by atoms with Gasteiger partial charge in [-0.1, -0.05) is 46.0 Å². The van der Waals surface area contributed by atoms with Gasteiger partial charge >= 0.3 is 24.3 Å². The fourth-order valence-corrected chi connectivity index (χ4v) is 3.29. The normalized spacial score (nSPS) is 23.3. The number of ether oxygens (including phenoxy) is 3. The lowest BCUT2D eigenvalue weighted by atomic mass is 10.0. The summed E-state index contributed by atoms with van der Waals surface area (Å²) in [6.07, 6.45) is -10.9. The molecule has 11 heteroatoms. The number of hydrogen-bond acceptors (Lipinski definition) is 5. The quantitative estimate of drug-likeness (QED) is 0.244. The van der Waals surface area contributed by atoms with Crippen molar-refractivity contribution in [3.8, 4) is 0 Å². The van der Waals surface area contributed by atoms with Gasteiger partial charge in [-0.2, -0.15) is 26.3 Å². The van der Waals surface area contributed by atoms with E-state index in [2.05, 4.69) is 9.47 Å². The summed E-state index contributed by atoms with van der Waals surface area (Å²) < 4.78 is 90.5. The second-order valence-electron chi connectivity index (χ2n) is 7.32. The molecule has 0 spiro atoms. The zero-order valence-corrected chi connectivity index (χ0v) is 17.0. The molecule has 0 aliphatic carbocycles. The fourth-order valence-electron chi connectivity index (χ4n) is 3.29. The fraction of sp³-hybridized carbons (Fsp3) is 0.895. The third-order valence-corrected chi connectivity index (χ3v) is 4.81. The van der Waals surface area contributed by atoms with E-state index >= 15 is 0 Å². The molecule has 1 rings (SSSR count). The van der Waals surface area contributed by atoms with Crippen LogP contribution in [0.25, 0.3) is 0 Å². The molecule has 1 aliphatic rings. The van der Waals surface area contributed by atoms with Crippen LogP contribution in [-0.4, -0.2) is 48.7 Å². The molecule has 176 valence electrons. The van der Waals surface area contributed by atoms with E-state index in [4.69, 9.17) is 4.74 Å². The zero-order valence-electron chi connectivity index (χ0n) is 17.0. The Morgan fingerprint density at radius 2 is 1.50 bits per heavy atom. The average Bonchev–Trinajstić information content (AvgIpc) is 3.02. The number of rotatable bonds is 11. The molecule has 4 atom stereocenters. The molecule has 5 nitrogen and oxygen atoms in total. The second-order valence-corrected chi connectivity index (χ2v) is 7.32. The molecule has 0 radical (unpaired) electrons. The van der Waals surface area contributed by atoms with Gasteiger partial charge in [0.25, 0.3) is 0 Å². The van der Waals surface area contributed by atoms with Gasteiger partial charge in [0.15, 0.2) is 0 Å². The minimum Gasteiger partial charge on any atom is -0.453 e. The van der Waals surface area contributed by atoms with Crippen LogP contribution in [-0.2, 0) is 23.8 Å². The van der Waals surface area contributed by atoms with Crippen LogP contribution >= 0.6 is 0 Å². The van der Waals surface area contributed by atoms with Gasteiger partial charge in [-0.15, -0.1) is 0 Å². The van der Waals surface area contributed by atoms with Crippen molar-refractivity contribution in [2.45, 2.75) is 108 Å². The molecule has 1 fully saturated rings. The Bertz CT molecular complexity index is 549. The Hall–Kier alpha value is -1.52. The predicted molar refractivity (Wildman–Crippen MR) is 93.4 cm³/mol. The molecule has 1 heterocycles. The number of hydrogen-bond donors (Lipinski definition) is 0. The lowest BCUT2D eigenvalue weighted by Crippen LogP contribution is -2.37. The number of esters is 2. The Morgan fingerprint density at radius 3 is 2.03 bits per heavy atom. The highest BCUT2D eigenvalue weighted by molar-refractivity contribution is 5.76. The lowest BCUT2D eigenvalue weighted by molar-refractivity contribution is -0.211. The summed E-state index contributed by atoms with van der Waals surface area (Å²) in [5.41, 5.74) is 0. The first-order chi connectivity index (χ1) is 13.9. The van der Waals surface area contributed by atoms with Crippen molar-refractivity contribution in [1.82, 2.24) is 0 Å². The first-order valence-electron chi connectivity index (χ1n) is 10.1. The standard InChI is InChI=1S/C19H28F6O5/c1-3-5-7-9-12-15(30-17(27)19(23,24)25)11-14(28-12)13(10-8-6-4-2)29-16(26)18(20,21)22/h12-15H,3-11H2,1-2H3/t12-,13+,14+,15-/m1/s1. The van der Waals surface area contributed by atoms with Crippen molar-refractivity contribution in [2.75, 3.05) is 0 Å². The maximum atomic E-state index is 12.6. The van der Waals surface area contributed by atoms with Crippen LogP contribution in [0.15, 0.2) is 0 Å². The maximum absolute atomic E-state index is 12.6. The zero-order chi connectivity index (χ0) is 22.9. The van der Waals surface area contributed by atoms with Gasteiger partial charge in [-0.05, 0) is 19.3 Å². The number of carbonyl (C=O) groups is 2. The Balaban J connectivity index is 2.93. The van der Waals surface area contributed by atoms with Crippen molar-refractivity contribution in [2.24, 2.45) is 0 Å². The van der Waals surface area contributed by atoms with Gasteiger partial charge in [0.05, 0.1) is 12.2 Å². The molecule has 1 saturated heterocycles. The van der Waals surface area contributed by atoms with E-state index < -0.39 is 48.7 Å². The minimum absolute atomic E-state index is 0.0575. The highest BCUT2D eigenvalue weighted by Crippen LogP contribution is 2.34. The number of alkyl halides is 6. The number of unbranched alkanes of at least 4 members (excludes halogenated alkanes) is 4. The molecule has 1 aliphatic heterocycles. The molecule has 0 bridgehead atoms. The van der Waals surface area contributed by atoms with Gasteiger partial charge in [0.2, 0.25) is 0 Å². The summed E-state index contributed by atoms with van der Waals surface area (Å²) in [4.78, 5) is 22.6. The molecule has 0 saturated carbocycles. The number of halogens is 6. The monoisotopic (exact) mass is 450 g/mol. The van der Waals surface area contributed by atoms with E-state index in [1.165, 1.54) is 0 Å². The first-order valence-corrected chi connectivity index (χ1v) is 10.1. The van der Waals surface area contributed by atoms with Crippen molar-refractivity contribution < 1.29 is 50.1 Å². The SMILES string of the molecule is CCCCC[C@H](OC(=O)C(F)(F)F)[C@@H]1C[C@@H](OC(=O)C(F)(F)F)[C@@H](CCCCC)O1. The molecule has 0 amide bonds. The summed E-state index contributed by atoms with van der Waals surface area (Å²) in [6, 6.07) is 0. The largest absolute Gasteiger partial charge is 0.490 e. The Labute approximate surface area is 171 Å². The van der Waals surface area contributed by atoms with E-state index in [1.807, 2.05) is 13.8 Å². The van der Waals surface area contributed by atoms with E-state index in [0.717, 1.165) is 19.3 Å². The van der Waals surface area contributed by atoms with Crippen LogP contribution < -0.4 is 0 Å². The molecule has 0 N–H and O–H groups in total. The summed E-state index contributed by atoms with van der Waals surface area (Å²) in [5, 5.41) is 0. The van der Waals surface area contributed by atoms with Crippen LogP contribution in [0.5, 0.6) is 0 Å². The van der Waals surface area contributed by atoms with E-state index in [-0.39, 0.29) is 19.3 Å². The molecular formula is C19H28F6O5. The van der Waals surface area contributed by atoms with Crippen molar-refractivity contribution in [3.05, 3.63) is 0 Å². The van der Waals surface area contributed by atoms with Crippen LogP contribution in [0.4, 0.5) is 26.3 Å². The molecule has 0 aromatic heterocycles. The van der Waals surface area contributed by atoms with E-state index in [0.29, 0.717) is 19.3 Å². The maximum Gasteiger partial charge on any atom is 0.490 e. The lowest BCUT2D eigenvalue weighted by Gasteiger charge is -2.24. The van der Waals surface area contributed by atoms with E-state index in [9.17, 15) is 35.9 Å². The molecule has 0 aromatic rings. The smallest absolute Gasteiger partial charge is 0.453 e. The second kappa shape index (κ2) is 11.8. The first kappa shape index (κ1) is 26.5. The minimum atomic E-state index is -5.20. The topological polar surface area (TPSA) is 61.8 Å².